The summed E-state index contributed by atoms with van der Waals surface area (Å²) in [6.07, 6.45) is 1.58. The number of anilines is 1. The molecule has 0 spiro atoms. The van der Waals surface area contributed by atoms with Crippen LogP contribution in [0, 0.1) is 11.6 Å². The van der Waals surface area contributed by atoms with E-state index in [0.717, 1.165) is 67.9 Å². The molecule has 0 aliphatic carbocycles. The fourth-order valence-electron chi connectivity index (χ4n) is 4.44. The molecule has 0 radical (unpaired) electrons. The molecule has 1 aliphatic heterocycles. The lowest BCUT2D eigenvalue weighted by Gasteiger charge is -2.36. The van der Waals surface area contributed by atoms with Crippen LogP contribution in [0.2, 0.25) is 0 Å². The fourth-order valence-corrected chi connectivity index (χ4v) is 4.44. The van der Waals surface area contributed by atoms with Crippen LogP contribution in [0.4, 0.5) is 14.5 Å². The summed E-state index contributed by atoms with van der Waals surface area (Å²) < 4.78 is 33.0. The van der Waals surface area contributed by atoms with Crippen LogP contribution in [0.1, 0.15) is 47.4 Å². The molecule has 1 aliphatic rings. The summed E-state index contributed by atoms with van der Waals surface area (Å²) in [5.74, 6) is -0.494. The van der Waals surface area contributed by atoms with E-state index >= 15 is 0 Å². The monoisotopic (exact) mass is 478 g/mol. The van der Waals surface area contributed by atoms with Gasteiger partial charge in [-0.2, -0.15) is 0 Å². The van der Waals surface area contributed by atoms with Gasteiger partial charge in [-0.3, -0.25) is 9.69 Å². The highest BCUT2D eigenvalue weighted by Crippen LogP contribution is 2.27. The van der Waals surface area contributed by atoms with Crippen LogP contribution in [-0.4, -0.2) is 50.0 Å². The fraction of sp³-hybridized carbons (Fsp3) is 0.345. The number of Topliss-reactive ketones (excluding diaryl/α,β-unsaturated/α-hetero) is 1. The van der Waals surface area contributed by atoms with Gasteiger partial charge in [-0.25, -0.2) is 8.78 Å². The first-order valence-electron chi connectivity index (χ1n) is 12.2. The van der Waals surface area contributed by atoms with Crippen LogP contribution in [0.5, 0.6) is 0 Å². The summed E-state index contributed by atoms with van der Waals surface area (Å²) in [6.45, 7) is 7.11. The highest BCUT2D eigenvalue weighted by Gasteiger charge is 2.18. The molecule has 184 valence electrons. The minimum Gasteiger partial charge on any atom is -0.369 e. The molecule has 0 bridgehead atoms. The van der Waals surface area contributed by atoms with Gasteiger partial charge < -0.3 is 9.64 Å². The predicted octanol–water partition coefficient (Wildman–Crippen LogP) is 5.88. The first-order chi connectivity index (χ1) is 17.0. The molecule has 4 rings (SSSR count). The summed E-state index contributed by atoms with van der Waals surface area (Å²) in [5, 5.41) is 0. The van der Waals surface area contributed by atoms with Crippen molar-refractivity contribution in [3.05, 3.63) is 101 Å². The van der Waals surface area contributed by atoms with Crippen LogP contribution >= 0.6 is 0 Å². The number of unbranched alkanes of at least 4 members (excludes halogenated alkanes) is 1. The van der Waals surface area contributed by atoms with Crippen LogP contribution in [-0.2, 0) is 4.74 Å². The Bertz CT molecular complexity index is 1030. The van der Waals surface area contributed by atoms with Crippen LogP contribution in [0.3, 0.4) is 0 Å². The third kappa shape index (κ3) is 6.96. The Labute approximate surface area is 206 Å². The van der Waals surface area contributed by atoms with Gasteiger partial charge in [0.1, 0.15) is 17.7 Å². The molecule has 3 aromatic carbocycles. The molecule has 1 heterocycles. The summed E-state index contributed by atoms with van der Waals surface area (Å²) >= 11 is 0. The van der Waals surface area contributed by atoms with Crippen LogP contribution < -0.4 is 4.90 Å². The van der Waals surface area contributed by atoms with E-state index in [1.54, 1.807) is 31.2 Å². The van der Waals surface area contributed by atoms with Gasteiger partial charge in [0.05, 0.1) is 0 Å². The molecule has 3 aromatic rings. The molecule has 4 nitrogen and oxygen atoms in total. The average Bonchev–Trinajstić information content (AvgIpc) is 2.88. The number of benzene rings is 3. The number of piperazine rings is 1. The van der Waals surface area contributed by atoms with Gasteiger partial charge in [-0.15, -0.1) is 0 Å². The van der Waals surface area contributed by atoms with E-state index in [1.165, 1.54) is 24.3 Å². The highest BCUT2D eigenvalue weighted by molar-refractivity contribution is 5.94. The molecule has 35 heavy (non-hydrogen) atoms. The Morgan fingerprint density at radius 1 is 0.800 bits per heavy atom. The SMILES string of the molecule is CC(=O)c1ccc(N2CCN(CCCCOC(c3ccc(F)cc3)c3ccc(F)cc3)CC2)cc1. The van der Waals surface area contributed by atoms with E-state index in [2.05, 4.69) is 9.80 Å². The number of hydrogen-bond donors (Lipinski definition) is 0. The highest BCUT2D eigenvalue weighted by atomic mass is 19.1. The first-order valence-corrected chi connectivity index (χ1v) is 12.2. The van der Waals surface area contributed by atoms with Crippen molar-refractivity contribution in [2.24, 2.45) is 0 Å². The molecule has 0 amide bonds. The van der Waals surface area contributed by atoms with Crippen molar-refractivity contribution in [2.75, 3.05) is 44.2 Å². The Balaban J connectivity index is 1.22. The molecule has 0 saturated carbocycles. The zero-order valence-corrected chi connectivity index (χ0v) is 20.1. The Kier molecular flexibility index (Phi) is 8.61. The second-order valence-electron chi connectivity index (χ2n) is 8.99. The average molecular weight is 479 g/mol. The van der Waals surface area contributed by atoms with E-state index < -0.39 is 0 Å². The Morgan fingerprint density at radius 3 is 1.86 bits per heavy atom. The number of rotatable bonds is 10. The van der Waals surface area contributed by atoms with Crippen molar-refractivity contribution in [1.82, 2.24) is 4.90 Å². The van der Waals surface area contributed by atoms with Crippen LogP contribution in [0.15, 0.2) is 72.8 Å². The van der Waals surface area contributed by atoms with E-state index in [0.29, 0.717) is 6.61 Å². The van der Waals surface area contributed by atoms with E-state index in [4.69, 9.17) is 4.74 Å². The number of hydrogen-bond acceptors (Lipinski definition) is 4. The molecule has 1 saturated heterocycles. The second-order valence-corrected chi connectivity index (χ2v) is 8.99. The largest absolute Gasteiger partial charge is 0.369 e. The lowest BCUT2D eigenvalue weighted by Crippen LogP contribution is -2.46. The first kappa shape index (κ1) is 25.0. The molecule has 0 atom stereocenters. The van der Waals surface area contributed by atoms with Crippen LogP contribution in [0.25, 0.3) is 0 Å². The standard InChI is InChI=1S/C29H32F2N2O2/c1-22(34)23-8-14-28(15-9-23)33-19-17-32(18-20-33)16-2-3-21-35-29(24-4-10-26(30)11-5-24)25-6-12-27(31)13-7-25/h4-15,29H,2-3,16-21H2,1H3. The number of ether oxygens (including phenoxy) is 1. The molecular formula is C29H32F2N2O2. The maximum Gasteiger partial charge on any atom is 0.159 e. The van der Waals surface area contributed by atoms with Crippen molar-refractivity contribution in [2.45, 2.75) is 25.9 Å². The number of nitrogens with zero attached hydrogens (tertiary/aromatic N) is 2. The smallest absolute Gasteiger partial charge is 0.159 e. The van der Waals surface area contributed by atoms with Crippen molar-refractivity contribution >= 4 is 11.5 Å². The topological polar surface area (TPSA) is 32.8 Å². The van der Waals surface area contributed by atoms with Gasteiger partial charge in [0.25, 0.3) is 0 Å². The van der Waals surface area contributed by atoms with Gasteiger partial charge >= 0.3 is 0 Å². The Hall–Kier alpha value is -3.09. The van der Waals surface area contributed by atoms with E-state index in [1.807, 2.05) is 24.3 Å². The van der Waals surface area contributed by atoms with Gasteiger partial charge in [0.15, 0.2) is 5.78 Å². The number of ketones is 1. The molecule has 1 fully saturated rings. The van der Waals surface area contributed by atoms with Crippen molar-refractivity contribution in [1.29, 1.82) is 0 Å². The maximum atomic E-state index is 13.4. The molecule has 0 N–H and O–H groups in total. The normalized spacial score (nSPS) is 14.5. The minimum absolute atomic E-state index is 0.0898. The number of carbonyl (C=O) groups is 1. The molecule has 6 heteroatoms. The van der Waals surface area contributed by atoms with Gasteiger partial charge in [-0.05, 0) is 86.0 Å². The van der Waals surface area contributed by atoms with E-state index in [-0.39, 0.29) is 23.5 Å². The lowest BCUT2D eigenvalue weighted by atomic mass is 10.0. The van der Waals surface area contributed by atoms with E-state index in [9.17, 15) is 13.6 Å². The van der Waals surface area contributed by atoms with Crippen molar-refractivity contribution in [3.63, 3.8) is 0 Å². The summed E-state index contributed by atoms with van der Waals surface area (Å²) in [4.78, 5) is 16.3. The quantitative estimate of drug-likeness (QED) is 0.269. The number of halogens is 2. The maximum absolute atomic E-state index is 13.4. The zero-order valence-electron chi connectivity index (χ0n) is 20.1. The molecule has 0 aromatic heterocycles. The lowest BCUT2D eigenvalue weighted by molar-refractivity contribution is 0.0750. The third-order valence-electron chi connectivity index (χ3n) is 6.51. The van der Waals surface area contributed by atoms with Gasteiger partial charge in [-0.1, -0.05) is 24.3 Å². The zero-order chi connectivity index (χ0) is 24.6. The summed E-state index contributed by atoms with van der Waals surface area (Å²) in [7, 11) is 0. The second kappa shape index (κ2) is 12.0. The van der Waals surface area contributed by atoms with Gasteiger partial charge in [0, 0.05) is 44.0 Å². The van der Waals surface area contributed by atoms with Gasteiger partial charge in [0.2, 0.25) is 0 Å². The Morgan fingerprint density at radius 2 is 1.34 bits per heavy atom. The van der Waals surface area contributed by atoms with Crippen molar-refractivity contribution < 1.29 is 18.3 Å². The predicted molar refractivity (Wildman–Crippen MR) is 135 cm³/mol. The summed E-state index contributed by atoms with van der Waals surface area (Å²) in [6, 6.07) is 20.4. The molecular weight excluding hydrogens is 446 g/mol. The third-order valence-corrected chi connectivity index (χ3v) is 6.51. The number of carbonyl (C=O) groups excluding carboxylic acids is 1. The molecule has 0 unspecified atom stereocenters. The minimum atomic E-state index is -0.353. The summed E-state index contributed by atoms with van der Waals surface area (Å²) in [5.41, 5.74) is 3.61. The van der Waals surface area contributed by atoms with Crippen molar-refractivity contribution in [3.8, 4) is 0 Å².